The van der Waals surface area contributed by atoms with Gasteiger partial charge in [-0.3, -0.25) is 0 Å². The quantitative estimate of drug-likeness (QED) is 0.915. The summed E-state index contributed by atoms with van der Waals surface area (Å²) in [5.74, 6) is 0. The number of nitrogens with one attached hydrogen (secondary N) is 1. The van der Waals surface area contributed by atoms with Gasteiger partial charge in [0.05, 0.1) is 19.3 Å². The molecule has 1 aliphatic carbocycles. The summed E-state index contributed by atoms with van der Waals surface area (Å²) in [5.41, 5.74) is 9.40. The normalized spacial score (nSPS) is 19.0. The molecule has 0 amide bonds. The number of fused-ring (bicyclic) bond motifs is 2. The van der Waals surface area contributed by atoms with Crippen molar-refractivity contribution < 1.29 is 4.74 Å². The molecule has 1 N–H and O–H groups in total. The minimum absolute atomic E-state index is 0.254. The topological polar surface area (TPSA) is 24.5 Å². The molecule has 0 bridgehead atoms. The van der Waals surface area contributed by atoms with E-state index in [-0.39, 0.29) is 6.04 Å². The maximum absolute atomic E-state index is 5.45. The van der Waals surface area contributed by atoms with Crippen LogP contribution in [0.4, 0.5) is 0 Å². The van der Waals surface area contributed by atoms with E-state index in [0.29, 0.717) is 0 Å². The predicted molar refractivity (Wildman–Crippen MR) is 83.1 cm³/mol. The Morgan fingerprint density at radius 2 is 1.43 bits per heavy atom. The molecule has 0 spiro atoms. The highest BCUT2D eigenvalue weighted by atomic mass is 16.5. The molecule has 1 fully saturated rings. The summed E-state index contributed by atoms with van der Waals surface area (Å²) in [6.07, 6.45) is 1.04. The summed E-state index contributed by atoms with van der Waals surface area (Å²) in [6, 6.07) is 17.8. The Bertz CT molecular complexity index is 589. The standard InChI is InChI=1S/C18H20N2O/c1-3-7-16-14(5-1)13-15-6-2-4-8-17(15)18(16)19-20-9-11-21-12-10-20/h1-8,18-19H,9-13H2. The third-order valence-corrected chi connectivity index (χ3v) is 4.44. The Hall–Kier alpha value is -1.68. The first-order valence-electron chi connectivity index (χ1n) is 7.66. The van der Waals surface area contributed by atoms with E-state index < -0.39 is 0 Å². The molecule has 0 saturated carbocycles. The van der Waals surface area contributed by atoms with Gasteiger partial charge in [-0.25, -0.2) is 10.4 Å². The lowest BCUT2D eigenvalue weighted by atomic mass is 9.83. The third kappa shape index (κ3) is 2.48. The Morgan fingerprint density at radius 3 is 2.05 bits per heavy atom. The molecule has 4 rings (SSSR count). The highest BCUT2D eigenvalue weighted by Gasteiger charge is 2.26. The van der Waals surface area contributed by atoms with Crippen molar-refractivity contribution in [2.24, 2.45) is 0 Å². The van der Waals surface area contributed by atoms with Crippen molar-refractivity contribution in [3.8, 4) is 0 Å². The van der Waals surface area contributed by atoms with Gasteiger partial charge in [-0.15, -0.1) is 0 Å². The summed E-state index contributed by atoms with van der Waals surface area (Å²) in [4.78, 5) is 0. The van der Waals surface area contributed by atoms with Crippen molar-refractivity contribution in [3.63, 3.8) is 0 Å². The number of benzene rings is 2. The maximum atomic E-state index is 5.45. The van der Waals surface area contributed by atoms with Gasteiger partial charge in [-0.05, 0) is 28.7 Å². The van der Waals surface area contributed by atoms with Crippen molar-refractivity contribution in [2.75, 3.05) is 26.3 Å². The Balaban J connectivity index is 1.70. The minimum Gasteiger partial charge on any atom is -0.379 e. The molecule has 108 valence electrons. The second-order valence-corrected chi connectivity index (χ2v) is 5.74. The largest absolute Gasteiger partial charge is 0.379 e. The smallest absolute Gasteiger partial charge is 0.0720 e. The van der Waals surface area contributed by atoms with Crippen LogP contribution in [0.2, 0.25) is 0 Å². The van der Waals surface area contributed by atoms with Crippen molar-refractivity contribution in [1.82, 2.24) is 10.4 Å². The summed E-state index contributed by atoms with van der Waals surface area (Å²) >= 11 is 0. The second-order valence-electron chi connectivity index (χ2n) is 5.74. The number of hydrogen-bond donors (Lipinski definition) is 1. The number of hydrazine groups is 1. The van der Waals surface area contributed by atoms with Crippen LogP contribution in [0.1, 0.15) is 28.3 Å². The lowest BCUT2D eigenvalue weighted by molar-refractivity contribution is 0.00622. The van der Waals surface area contributed by atoms with Crippen LogP contribution in [-0.2, 0) is 11.2 Å². The van der Waals surface area contributed by atoms with Gasteiger partial charge in [-0.2, -0.15) is 0 Å². The monoisotopic (exact) mass is 280 g/mol. The Morgan fingerprint density at radius 1 is 0.857 bits per heavy atom. The Labute approximate surface area is 125 Å². The van der Waals surface area contributed by atoms with Crippen LogP contribution in [0.25, 0.3) is 0 Å². The number of ether oxygens (including phenoxy) is 1. The summed E-state index contributed by atoms with van der Waals surface area (Å²) in [6.45, 7) is 3.51. The summed E-state index contributed by atoms with van der Waals surface area (Å²) in [7, 11) is 0. The molecule has 2 aromatic rings. The SMILES string of the molecule is c1ccc2c(c1)Cc1ccccc1C2NN1CCOCC1. The molecule has 1 heterocycles. The van der Waals surface area contributed by atoms with Crippen LogP contribution >= 0.6 is 0 Å². The lowest BCUT2D eigenvalue weighted by Crippen LogP contribution is -2.48. The molecule has 0 atom stereocenters. The molecule has 1 saturated heterocycles. The fourth-order valence-electron chi connectivity index (χ4n) is 3.34. The summed E-state index contributed by atoms with van der Waals surface area (Å²) in [5, 5.41) is 2.30. The van der Waals surface area contributed by atoms with Crippen molar-refractivity contribution in [1.29, 1.82) is 0 Å². The van der Waals surface area contributed by atoms with Crippen molar-refractivity contribution >= 4 is 0 Å². The van der Waals surface area contributed by atoms with Crippen LogP contribution in [0.3, 0.4) is 0 Å². The van der Waals surface area contributed by atoms with E-state index in [1.165, 1.54) is 22.3 Å². The zero-order valence-electron chi connectivity index (χ0n) is 12.1. The molecule has 0 unspecified atom stereocenters. The van der Waals surface area contributed by atoms with E-state index in [2.05, 4.69) is 59.0 Å². The molecule has 0 radical (unpaired) electrons. The maximum Gasteiger partial charge on any atom is 0.0720 e. The molecule has 1 aliphatic heterocycles. The van der Waals surface area contributed by atoms with Crippen LogP contribution in [0, 0.1) is 0 Å². The number of nitrogens with zero attached hydrogens (tertiary/aromatic N) is 1. The first-order chi connectivity index (χ1) is 10.4. The molecule has 3 heteroatoms. The number of morpholine rings is 1. The number of hydrogen-bond acceptors (Lipinski definition) is 3. The molecular weight excluding hydrogens is 260 g/mol. The first-order valence-corrected chi connectivity index (χ1v) is 7.66. The second kappa shape index (κ2) is 5.60. The van der Waals surface area contributed by atoms with Gasteiger partial charge in [0.25, 0.3) is 0 Å². The van der Waals surface area contributed by atoms with Gasteiger partial charge in [0.1, 0.15) is 0 Å². The van der Waals surface area contributed by atoms with Crippen molar-refractivity contribution in [3.05, 3.63) is 70.8 Å². The first kappa shape index (κ1) is 13.0. The van der Waals surface area contributed by atoms with Crippen molar-refractivity contribution in [2.45, 2.75) is 12.5 Å². The molecule has 3 nitrogen and oxygen atoms in total. The van der Waals surface area contributed by atoms with Crippen LogP contribution < -0.4 is 5.43 Å². The highest BCUT2D eigenvalue weighted by Crippen LogP contribution is 2.34. The zero-order valence-corrected chi connectivity index (χ0v) is 12.1. The molecule has 21 heavy (non-hydrogen) atoms. The van der Waals surface area contributed by atoms with Gasteiger partial charge in [-0.1, -0.05) is 48.5 Å². The highest BCUT2D eigenvalue weighted by molar-refractivity contribution is 5.48. The Kier molecular flexibility index (Phi) is 3.47. The van der Waals surface area contributed by atoms with Gasteiger partial charge in [0.2, 0.25) is 0 Å². The van der Waals surface area contributed by atoms with Gasteiger partial charge < -0.3 is 4.74 Å². The molecular formula is C18H20N2O. The van der Waals surface area contributed by atoms with Crippen LogP contribution in [-0.4, -0.2) is 31.3 Å². The van der Waals surface area contributed by atoms with E-state index in [1.54, 1.807) is 0 Å². The van der Waals surface area contributed by atoms with Gasteiger partial charge in [0.15, 0.2) is 0 Å². The molecule has 0 aromatic heterocycles. The fourth-order valence-corrected chi connectivity index (χ4v) is 3.34. The van der Waals surface area contributed by atoms with Gasteiger partial charge in [0, 0.05) is 13.1 Å². The summed E-state index contributed by atoms with van der Waals surface area (Å²) < 4.78 is 5.45. The van der Waals surface area contributed by atoms with E-state index in [1.807, 2.05) is 0 Å². The molecule has 2 aromatic carbocycles. The van der Waals surface area contributed by atoms with E-state index >= 15 is 0 Å². The van der Waals surface area contributed by atoms with Crippen LogP contribution in [0.15, 0.2) is 48.5 Å². The van der Waals surface area contributed by atoms with E-state index in [9.17, 15) is 0 Å². The van der Waals surface area contributed by atoms with Crippen LogP contribution in [0.5, 0.6) is 0 Å². The lowest BCUT2D eigenvalue weighted by Gasteiger charge is -2.35. The van der Waals surface area contributed by atoms with Gasteiger partial charge >= 0.3 is 0 Å². The van der Waals surface area contributed by atoms with E-state index in [4.69, 9.17) is 4.74 Å². The average molecular weight is 280 g/mol. The predicted octanol–water partition coefficient (Wildman–Crippen LogP) is 2.52. The third-order valence-electron chi connectivity index (χ3n) is 4.44. The minimum atomic E-state index is 0.254. The van der Waals surface area contributed by atoms with E-state index in [0.717, 1.165) is 32.7 Å². The average Bonchev–Trinajstić information content (AvgIpc) is 2.55. The zero-order chi connectivity index (χ0) is 14.1. The number of rotatable bonds is 2. The molecule has 2 aliphatic rings. The fraction of sp³-hybridized carbons (Fsp3) is 0.333.